The van der Waals surface area contributed by atoms with Crippen LogP contribution in [0.2, 0.25) is 5.02 Å². The summed E-state index contributed by atoms with van der Waals surface area (Å²) >= 11 is 5.88. The van der Waals surface area contributed by atoms with Crippen LogP contribution < -0.4 is 5.43 Å². The highest BCUT2D eigenvalue weighted by molar-refractivity contribution is 6.39. The van der Waals surface area contributed by atoms with Crippen LogP contribution in [0.25, 0.3) is 0 Å². The molecule has 8 nitrogen and oxygen atoms in total. The van der Waals surface area contributed by atoms with Gasteiger partial charge in [0, 0.05) is 16.7 Å². The first-order chi connectivity index (χ1) is 11.5. The summed E-state index contributed by atoms with van der Waals surface area (Å²) < 4.78 is 0. The van der Waals surface area contributed by atoms with E-state index in [9.17, 15) is 14.9 Å². The van der Waals surface area contributed by atoms with Crippen molar-refractivity contribution >= 4 is 35.1 Å². The number of halogens is 1. The Kier molecular flexibility index (Phi) is 5.58. The van der Waals surface area contributed by atoms with Crippen LogP contribution in [0.1, 0.15) is 15.9 Å². The molecule has 0 aliphatic rings. The molecule has 0 fully saturated rings. The summed E-state index contributed by atoms with van der Waals surface area (Å²) in [6.45, 7) is 0. The molecule has 2 aromatic rings. The minimum absolute atomic E-state index is 0.118. The van der Waals surface area contributed by atoms with Crippen LogP contribution in [0, 0.1) is 10.1 Å². The maximum Gasteiger partial charge on any atom is 0.282 e. The molecule has 2 N–H and O–H groups in total. The number of carbonyl (C=O) groups excluding carboxylic acids is 1. The van der Waals surface area contributed by atoms with Gasteiger partial charge < -0.3 is 5.21 Å². The standard InChI is InChI=1S/C15H11ClN4O4/c16-11-5-3-4-10(8-11)13(9-17-22)18-19-15(21)12-6-1-2-7-14(12)20(23)24/h1-9,22H,(H,19,21)/b17-9+,18-13+. The van der Waals surface area contributed by atoms with Gasteiger partial charge in [-0.2, -0.15) is 5.10 Å². The van der Waals surface area contributed by atoms with E-state index in [1.165, 1.54) is 24.3 Å². The number of rotatable bonds is 5. The molecule has 0 bridgehead atoms. The highest BCUT2D eigenvalue weighted by atomic mass is 35.5. The van der Waals surface area contributed by atoms with Gasteiger partial charge in [-0.3, -0.25) is 14.9 Å². The molecule has 0 unspecified atom stereocenters. The average molecular weight is 347 g/mol. The lowest BCUT2D eigenvalue weighted by atomic mass is 10.1. The molecule has 0 radical (unpaired) electrons. The first kappa shape index (κ1) is 17.1. The van der Waals surface area contributed by atoms with Crippen molar-refractivity contribution in [2.24, 2.45) is 10.3 Å². The fourth-order valence-corrected chi connectivity index (χ4v) is 2.06. The third-order valence-electron chi connectivity index (χ3n) is 2.92. The normalized spacial score (nSPS) is 11.5. The fourth-order valence-electron chi connectivity index (χ4n) is 1.87. The summed E-state index contributed by atoms with van der Waals surface area (Å²) in [5, 5.41) is 26.8. The molecular weight excluding hydrogens is 336 g/mol. The van der Waals surface area contributed by atoms with Crippen molar-refractivity contribution in [2.75, 3.05) is 0 Å². The Bertz CT molecular complexity index is 836. The molecule has 0 saturated heterocycles. The van der Waals surface area contributed by atoms with E-state index in [0.29, 0.717) is 10.6 Å². The maximum absolute atomic E-state index is 12.1. The van der Waals surface area contributed by atoms with Crippen LogP contribution in [0.4, 0.5) is 5.69 Å². The second kappa shape index (κ2) is 7.84. The Balaban J connectivity index is 2.30. The Morgan fingerprint density at radius 1 is 1.25 bits per heavy atom. The van der Waals surface area contributed by atoms with Gasteiger partial charge in [0.1, 0.15) is 11.3 Å². The topological polar surface area (TPSA) is 117 Å². The molecule has 0 aliphatic carbocycles. The van der Waals surface area contributed by atoms with E-state index in [2.05, 4.69) is 15.7 Å². The molecule has 0 atom stereocenters. The van der Waals surface area contributed by atoms with Crippen LogP contribution in [0.15, 0.2) is 58.8 Å². The van der Waals surface area contributed by atoms with Crippen molar-refractivity contribution < 1.29 is 14.9 Å². The van der Waals surface area contributed by atoms with Crippen LogP contribution in [0.3, 0.4) is 0 Å². The van der Waals surface area contributed by atoms with Crippen LogP contribution in [-0.4, -0.2) is 28.0 Å². The molecule has 0 aliphatic heterocycles. The molecule has 24 heavy (non-hydrogen) atoms. The lowest BCUT2D eigenvalue weighted by molar-refractivity contribution is -0.385. The molecule has 2 aromatic carbocycles. The van der Waals surface area contributed by atoms with Gasteiger partial charge in [0.15, 0.2) is 0 Å². The molecule has 0 spiro atoms. The summed E-state index contributed by atoms with van der Waals surface area (Å²) in [5.41, 5.74) is 2.32. The largest absolute Gasteiger partial charge is 0.411 e. The Hall–Kier alpha value is -3.26. The van der Waals surface area contributed by atoms with Gasteiger partial charge in [-0.05, 0) is 18.2 Å². The number of nitrogens with zero attached hydrogens (tertiary/aromatic N) is 3. The number of hydrazone groups is 1. The van der Waals surface area contributed by atoms with Gasteiger partial charge in [-0.15, -0.1) is 0 Å². The molecular formula is C15H11ClN4O4. The Labute approximate surface area is 141 Å². The summed E-state index contributed by atoms with van der Waals surface area (Å²) in [4.78, 5) is 22.4. The number of nitro benzene ring substituents is 1. The van der Waals surface area contributed by atoms with Gasteiger partial charge in [-0.1, -0.05) is 41.0 Å². The zero-order valence-electron chi connectivity index (χ0n) is 12.1. The zero-order chi connectivity index (χ0) is 17.5. The van der Waals surface area contributed by atoms with Crippen molar-refractivity contribution in [3.63, 3.8) is 0 Å². The highest BCUT2D eigenvalue weighted by Crippen LogP contribution is 2.17. The second-order valence-corrected chi connectivity index (χ2v) is 4.90. The predicted octanol–water partition coefficient (Wildman–Crippen LogP) is 2.84. The monoisotopic (exact) mass is 346 g/mol. The predicted molar refractivity (Wildman–Crippen MR) is 88.8 cm³/mol. The van der Waals surface area contributed by atoms with Crippen molar-refractivity contribution in [3.05, 3.63) is 74.8 Å². The Morgan fingerprint density at radius 2 is 2.00 bits per heavy atom. The smallest absolute Gasteiger partial charge is 0.282 e. The summed E-state index contributed by atoms with van der Waals surface area (Å²) in [5.74, 6) is -0.770. The number of hydrogen-bond donors (Lipinski definition) is 2. The third kappa shape index (κ3) is 4.14. The number of carbonyl (C=O) groups is 1. The fraction of sp³-hybridized carbons (Fsp3) is 0. The molecule has 2 rings (SSSR count). The van der Waals surface area contributed by atoms with Gasteiger partial charge in [0.2, 0.25) is 0 Å². The molecule has 9 heteroatoms. The Morgan fingerprint density at radius 3 is 2.67 bits per heavy atom. The van der Waals surface area contributed by atoms with Crippen LogP contribution in [-0.2, 0) is 0 Å². The summed E-state index contributed by atoms with van der Waals surface area (Å²) in [6.07, 6.45) is 1.01. The first-order valence-electron chi connectivity index (χ1n) is 6.57. The van der Waals surface area contributed by atoms with E-state index in [0.717, 1.165) is 6.21 Å². The van der Waals surface area contributed by atoms with Crippen molar-refractivity contribution in [3.8, 4) is 0 Å². The van der Waals surface area contributed by atoms with E-state index in [-0.39, 0.29) is 17.0 Å². The molecule has 0 aromatic heterocycles. The number of para-hydroxylation sites is 1. The quantitative estimate of drug-likeness (QED) is 0.374. The van der Waals surface area contributed by atoms with E-state index >= 15 is 0 Å². The van der Waals surface area contributed by atoms with E-state index in [1.807, 2.05) is 0 Å². The van der Waals surface area contributed by atoms with Gasteiger partial charge in [0.05, 0.1) is 11.1 Å². The van der Waals surface area contributed by atoms with E-state index in [1.54, 1.807) is 24.3 Å². The van der Waals surface area contributed by atoms with Gasteiger partial charge in [-0.25, -0.2) is 5.43 Å². The number of benzene rings is 2. The van der Waals surface area contributed by atoms with E-state index in [4.69, 9.17) is 16.8 Å². The van der Waals surface area contributed by atoms with Crippen molar-refractivity contribution in [1.29, 1.82) is 0 Å². The lowest BCUT2D eigenvalue weighted by Gasteiger charge is -2.04. The number of oxime groups is 1. The zero-order valence-corrected chi connectivity index (χ0v) is 12.8. The molecule has 0 heterocycles. The van der Waals surface area contributed by atoms with E-state index < -0.39 is 10.8 Å². The maximum atomic E-state index is 12.1. The number of hydrogen-bond acceptors (Lipinski definition) is 6. The minimum Gasteiger partial charge on any atom is -0.411 e. The molecule has 122 valence electrons. The van der Waals surface area contributed by atoms with Crippen LogP contribution >= 0.6 is 11.6 Å². The number of nitrogens with one attached hydrogen (secondary N) is 1. The third-order valence-corrected chi connectivity index (χ3v) is 3.16. The number of nitro groups is 1. The molecule has 1 amide bonds. The first-order valence-corrected chi connectivity index (χ1v) is 6.95. The number of amides is 1. The average Bonchev–Trinajstić information content (AvgIpc) is 2.58. The second-order valence-electron chi connectivity index (χ2n) is 4.47. The SMILES string of the molecule is O=C(N/N=C(\C=N\O)c1cccc(Cl)c1)c1ccccc1[N+](=O)[O-]. The summed E-state index contributed by atoms with van der Waals surface area (Å²) in [6, 6.07) is 12.0. The highest BCUT2D eigenvalue weighted by Gasteiger charge is 2.18. The van der Waals surface area contributed by atoms with Crippen molar-refractivity contribution in [2.45, 2.75) is 0 Å². The van der Waals surface area contributed by atoms with Gasteiger partial charge in [0.25, 0.3) is 11.6 Å². The van der Waals surface area contributed by atoms with Gasteiger partial charge >= 0.3 is 0 Å². The van der Waals surface area contributed by atoms with Crippen molar-refractivity contribution in [1.82, 2.24) is 5.43 Å². The summed E-state index contributed by atoms with van der Waals surface area (Å²) in [7, 11) is 0. The van der Waals surface area contributed by atoms with Crippen LogP contribution in [0.5, 0.6) is 0 Å². The minimum atomic E-state index is -0.770. The molecule has 0 saturated carbocycles. The lowest BCUT2D eigenvalue weighted by Crippen LogP contribution is -2.21.